The lowest BCUT2D eigenvalue weighted by Crippen LogP contribution is -2.16. The summed E-state index contributed by atoms with van der Waals surface area (Å²) in [6.07, 6.45) is 1.77. The highest BCUT2D eigenvalue weighted by Crippen LogP contribution is 2.29. The molecule has 0 radical (unpaired) electrons. The Morgan fingerprint density at radius 3 is 2.73 bits per heavy atom. The Labute approximate surface area is 134 Å². The van der Waals surface area contributed by atoms with E-state index in [1.165, 1.54) is 17.8 Å². The van der Waals surface area contributed by atoms with Crippen LogP contribution in [0.15, 0.2) is 46.5 Å². The Morgan fingerprint density at radius 2 is 2.05 bits per heavy atom. The van der Waals surface area contributed by atoms with Gasteiger partial charge in [-0.05, 0) is 31.9 Å². The molecule has 0 fully saturated rings. The average Bonchev–Trinajstić information content (AvgIpc) is 2.53. The predicted molar refractivity (Wildman–Crippen MR) is 88.8 cm³/mol. The van der Waals surface area contributed by atoms with Crippen molar-refractivity contribution in [2.45, 2.75) is 43.6 Å². The van der Waals surface area contributed by atoms with Gasteiger partial charge in [0.2, 0.25) is 0 Å². The number of aryl methyl sites for hydroxylation is 1. The summed E-state index contributed by atoms with van der Waals surface area (Å²) in [6, 6.07) is 11.8. The smallest absolute Gasteiger partial charge is 0.273 e. The van der Waals surface area contributed by atoms with E-state index in [0.29, 0.717) is 10.9 Å². The number of hydrogen-bond acceptors (Lipinski definition) is 4. The second-order valence-corrected chi connectivity index (χ2v) is 6.46. The zero-order valence-electron chi connectivity index (χ0n) is 13.0. The normalized spacial score (nSPS) is 11.2. The van der Waals surface area contributed by atoms with Crippen LogP contribution in [-0.4, -0.2) is 9.55 Å². The largest absolute Gasteiger partial charge is 0.328 e. The SMILES string of the molecule is CCn1ccc(=O)nc1SCc1ccccc1C(C)(C)C#N. The second kappa shape index (κ2) is 6.80. The quantitative estimate of drug-likeness (QED) is 0.627. The van der Waals surface area contributed by atoms with Crippen LogP contribution < -0.4 is 5.56 Å². The first-order valence-electron chi connectivity index (χ1n) is 7.18. The zero-order valence-corrected chi connectivity index (χ0v) is 13.9. The molecule has 0 saturated carbocycles. The summed E-state index contributed by atoms with van der Waals surface area (Å²) in [5.74, 6) is 0.678. The maximum atomic E-state index is 11.5. The Hall–Kier alpha value is -2.06. The maximum absolute atomic E-state index is 11.5. The highest BCUT2D eigenvalue weighted by Gasteiger charge is 2.22. The summed E-state index contributed by atoms with van der Waals surface area (Å²) in [6.45, 7) is 6.61. The first-order chi connectivity index (χ1) is 10.5. The van der Waals surface area contributed by atoms with Crippen LogP contribution in [0, 0.1) is 11.3 Å². The molecule has 2 aromatic rings. The van der Waals surface area contributed by atoms with E-state index in [-0.39, 0.29) is 5.56 Å². The lowest BCUT2D eigenvalue weighted by atomic mass is 9.84. The molecule has 0 spiro atoms. The summed E-state index contributed by atoms with van der Waals surface area (Å²) >= 11 is 1.52. The van der Waals surface area contributed by atoms with Gasteiger partial charge in [0.15, 0.2) is 5.16 Å². The fourth-order valence-corrected chi connectivity index (χ4v) is 3.27. The van der Waals surface area contributed by atoms with Gasteiger partial charge in [-0.15, -0.1) is 0 Å². The molecule has 4 nitrogen and oxygen atoms in total. The van der Waals surface area contributed by atoms with Crippen molar-refractivity contribution in [2.75, 3.05) is 0 Å². The molecule has 1 aromatic heterocycles. The van der Waals surface area contributed by atoms with E-state index in [1.54, 1.807) is 6.20 Å². The van der Waals surface area contributed by atoms with Crippen molar-refractivity contribution >= 4 is 11.8 Å². The fourth-order valence-electron chi connectivity index (χ4n) is 2.23. The van der Waals surface area contributed by atoms with Gasteiger partial charge < -0.3 is 4.57 Å². The summed E-state index contributed by atoms with van der Waals surface area (Å²) in [5, 5.41) is 10.1. The lowest BCUT2D eigenvalue weighted by Gasteiger charge is -2.20. The molecular formula is C17H19N3OS. The van der Waals surface area contributed by atoms with Crippen LogP contribution in [0.2, 0.25) is 0 Å². The van der Waals surface area contributed by atoms with Crippen LogP contribution >= 0.6 is 11.8 Å². The average molecular weight is 313 g/mol. The van der Waals surface area contributed by atoms with E-state index in [4.69, 9.17) is 0 Å². The van der Waals surface area contributed by atoms with Crippen LogP contribution in [0.25, 0.3) is 0 Å². The molecule has 0 unspecified atom stereocenters. The molecular weight excluding hydrogens is 294 g/mol. The first kappa shape index (κ1) is 16.3. The first-order valence-corrected chi connectivity index (χ1v) is 8.16. The molecule has 0 bridgehead atoms. The standard InChI is InChI=1S/C17H19N3OS/c1-4-20-10-9-15(21)19-16(20)22-11-13-7-5-6-8-14(13)17(2,3)12-18/h5-10H,4,11H2,1-3H3. The number of nitriles is 1. The number of hydrogen-bond donors (Lipinski definition) is 0. The number of aromatic nitrogens is 2. The van der Waals surface area contributed by atoms with Gasteiger partial charge in [0, 0.05) is 24.6 Å². The highest BCUT2D eigenvalue weighted by molar-refractivity contribution is 7.98. The van der Waals surface area contributed by atoms with E-state index < -0.39 is 5.41 Å². The molecule has 0 aliphatic carbocycles. The zero-order chi connectivity index (χ0) is 16.2. The van der Waals surface area contributed by atoms with Crippen molar-refractivity contribution in [1.29, 1.82) is 5.26 Å². The molecule has 0 saturated heterocycles. The summed E-state index contributed by atoms with van der Waals surface area (Å²) in [7, 11) is 0. The molecule has 0 amide bonds. The fraction of sp³-hybridized carbons (Fsp3) is 0.353. The van der Waals surface area contributed by atoms with Gasteiger partial charge in [0.1, 0.15) is 0 Å². The molecule has 0 aliphatic rings. The number of nitrogens with zero attached hydrogens (tertiary/aromatic N) is 3. The van der Waals surface area contributed by atoms with Gasteiger partial charge in [-0.1, -0.05) is 36.0 Å². The lowest BCUT2D eigenvalue weighted by molar-refractivity contribution is 0.639. The Morgan fingerprint density at radius 1 is 1.32 bits per heavy atom. The van der Waals surface area contributed by atoms with Gasteiger partial charge >= 0.3 is 0 Å². The van der Waals surface area contributed by atoms with Crippen molar-refractivity contribution in [3.63, 3.8) is 0 Å². The van der Waals surface area contributed by atoms with Crippen LogP contribution in [-0.2, 0) is 17.7 Å². The van der Waals surface area contributed by atoms with E-state index in [2.05, 4.69) is 11.1 Å². The van der Waals surface area contributed by atoms with Gasteiger partial charge in [0.25, 0.3) is 5.56 Å². The Kier molecular flexibility index (Phi) is 5.04. The van der Waals surface area contributed by atoms with Gasteiger partial charge in [-0.25, -0.2) is 0 Å². The van der Waals surface area contributed by atoms with Crippen LogP contribution in [0.5, 0.6) is 0 Å². The second-order valence-electron chi connectivity index (χ2n) is 5.52. The van der Waals surface area contributed by atoms with Crippen molar-refractivity contribution in [1.82, 2.24) is 9.55 Å². The molecule has 1 aromatic carbocycles. The summed E-state index contributed by atoms with van der Waals surface area (Å²) in [5.41, 5.74) is 1.36. The van der Waals surface area contributed by atoms with E-state index in [1.807, 2.05) is 49.6 Å². The van der Waals surface area contributed by atoms with E-state index >= 15 is 0 Å². The third kappa shape index (κ3) is 3.58. The highest BCUT2D eigenvalue weighted by atomic mass is 32.2. The Balaban J connectivity index is 2.29. The van der Waals surface area contributed by atoms with E-state index in [0.717, 1.165) is 17.7 Å². The number of thioether (sulfide) groups is 1. The van der Waals surface area contributed by atoms with Crippen molar-refractivity contribution in [3.05, 3.63) is 58.0 Å². The van der Waals surface area contributed by atoms with Gasteiger partial charge in [0.05, 0.1) is 11.5 Å². The third-order valence-corrected chi connectivity index (χ3v) is 4.56. The van der Waals surface area contributed by atoms with E-state index in [9.17, 15) is 10.1 Å². The summed E-state index contributed by atoms with van der Waals surface area (Å²) in [4.78, 5) is 15.5. The third-order valence-electron chi connectivity index (χ3n) is 3.52. The number of rotatable bonds is 5. The molecule has 0 aliphatic heterocycles. The molecule has 5 heteroatoms. The molecule has 22 heavy (non-hydrogen) atoms. The number of benzene rings is 1. The van der Waals surface area contributed by atoms with Gasteiger partial charge in [-0.2, -0.15) is 10.2 Å². The molecule has 2 rings (SSSR count). The molecule has 0 N–H and O–H groups in total. The minimum atomic E-state index is -0.536. The van der Waals surface area contributed by atoms with Crippen LogP contribution in [0.3, 0.4) is 0 Å². The van der Waals surface area contributed by atoms with Crippen LogP contribution in [0.1, 0.15) is 31.9 Å². The molecule has 1 heterocycles. The predicted octanol–water partition coefficient (Wildman–Crippen LogP) is 3.36. The van der Waals surface area contributed by atoms with Crippen molar-refractivity contribution < 1.29 is 0 Å². The molecule has 114 valence electrons. The maximum Gasteiger partial charge on any atom is 0.273 e. The van der Waals surface area contributed by atoms with Crippen LogP contribution in [0.4, 0.5) is 0 Å². The Bertz CT molecular complexity index is 759. The monoisotopic (exact) mass is 313 g/mol. The van der Waals surface area contributed by atoms with Gasteiger partial charge in [-0.3, -0.25) is 4.79 Å². The van der Waals surface area contributed by atoms with Crippen molar-refractivity contribution in [2.24, 2.45) is 0 Å². The summed E-state index contributed by atoms with van der Waals surface area (Å²) < 4.78 is 1.95. The van der Waals surface area contributed by atoms with Crippen molar-refractivity contribution in [3.8, 4) is 6.07 Å². The minimum Gasteiger partial charge on any atom is -0.328 e. The molecule has 0 atom stereocenters. The minimum absolute atomic E-state index is 0.224. The topological polar surface area (TPSA) is 58.7 Å².